The second-order valence-electron chi connectivity index (χ2n) is 6.83. The van der Waals surface area contributed by atoms with Gasteiger partial charge in [0.05, 0.1) is 19.0 Å². The predicted molar refractivity (Wildman–Crippen MR) is 94.8 cm³/mol. The van der Waals surface area contributed by atoms with E-state index in [0.717, 1.165) is 25.4 Å². The summed E-state index contributed by atoms with van der Waals surface area (Å²) < 4.78 is 7.84. The molecule has 2 aromatic rings. The van der Waals surface area contributed by atoms with Crippen LogP contribution < -0.4 is 5.32 Å². The molecule has 0 aliphatic carbocycles. The van der Waals surface area contributed by atoms with Crippen molar-refractivity contribution in [3.05, 3.63) is 48.5 Å². The summed E-state index contributed by atoms with van der Waals surface area (Å²) in [6.07, 6.45) is 9.26. The van der Waals surface area contributed by atoms with Crippen LogP contribution >= 0.6 is 0 Å². The third-order valence-electron chi connectivity index (χ3n) is 5.13. The molecule has 4 rings (SSSR count). The van der Waals surface area contributed by atoms with Gasteiger partial charge in [-0.2, -0.15) is 0 Å². The summed E-state index contributed by atoms with van der Waals surface area (Å²) in [7, 11) is 0. The van der Waals surface area contributed by atoms with E-state index in [1.54, 1.807) is 12.5 Å². The first kappa shape index (κ1) is 16.3. The van der Waals surface area contributed by atoms with Gasteiger partial charge in [-0.25, -0.2) is 4.98 Å². The van der Waals surface area contributed by atoms with Gasteiger partial charge < -0.3 is 14.6 Å². The molecule has 1 aromatic carbocycles. The molecule has 0 unspecified atom stereocenters. The Morgan fingerprint density at radius 1 is 1.28 bits per heavy atom. The van der Waals surface area contributed by atoms with Gasteiger partial charge in [-0.1, -0.05) is 6.42 Å². The maximum Gasteiger partial charge on any atom is 0.251 e. The molecular formula is C19H24N4O2. The largest absolute Gasteiger partial charge is 0.373 e. The van der Waals surface area contributed by atoms with Gasteiger partial charge in [-0.15, -0.1) is 0 Å². The first-order valence-corrected chi connectivity index (χ1v) is 9.02. The molecule has 6 heteroatoms. The third-order valence-corrected chi connectivity index (χ3v) is 5.13. The summed E-state index contributed by atoms with van der Waals surface area (Å²) in [5, 5.41) is 3.01. The number of carbonyl (C=O) groups excluding carboxylic acids is 1. The van der Waals surface area contributed by atoms with Crippen molar-refractivity contribution in [3.63, 3.8) is 0 Å². The number of rotatable bonds is 4. The Kier molecular flexibility index (Phi) is 4.81. The first-order chi connectivity index (χ1) is 12.3. The number of nitrogens with zero attached hydrogens (tertiary/aromatic N) is 3. The number of aromatic nitrogens is 2. The van der Waals surface area contributed by atoms with E-state index in [9.17, 15) is 4.79 Å². The number of ether oxygens (including phenoxy) is 1. The second kappa shape index (κ2) is 7.37. The smallest absolute Gasteiger partial charge is 0.251 e. The first-order valence-electron chi connectivity index (χ1n) is 9.02. The van der Waals surface area contributed by atoms with E-state index < -0.39 is 0 Å². The fourth-order valence-corrected chi connectivity index (χ4v) is 3.68. The van der Waals surface area contributed by atoms with Gasteiger partial charge in [-0.05, 0) is 43.7 Å². The lowest BCUT2D eigenvalue weighted by molar-refractivity contribution is -0.0725. The van der Waals surface area contributed by atoms with Gasteiger partial charge in [0.1, 0.15) is 0 Å². The molecule has 0 bridgehead atoms. The number of benzene rings is 1. The Bertz CT molecular complexity index is 699. The summed E-state index contributed by atoms with van der Waals surface area (Å²) in [6, 6.07) is 8.11. The topological polar surface area (TPSA) is 59.4 Å². The van der Waals surface area contributed by atoms with Crippen molar-refractivity contribution in [2.45, 2.75) is 31.4 Å². The molecule has 2 aliphatic heterocycles. The fraction of sp³-hybridized carbons (Fsp3) is 0.474. The number of fused-ring (bicyclic) bond motifs is 1. The Hall–Kier alpha value is -2.18. The van der Waals surface area contributed by atoms with Crippen LogP contribution in [0.25, 0.3) is 5.69 Å². The fourth-order valence-electron chi connectivity index (χ4n) is 3.68. The van der Waals surface area contributed by atoms with Crippen molar-refractivity contribution in [1.29, 1.82) is 0 Å². The van der Waals surface area contributed by atoms with E-state index in [1.807, 2.05) is 35.0 Å². The molecule has 1 N–H and O–H groups in total. The van der Waals surface area contributed by atoms with Gasteiger partial charge in [-0.3, -0.25) is 9.69 Å². The van der Waals surface area contributed by atoms with Gasteiger partial charge >= 0.3 is 0 Å². The Morgan fingerprint density at radius 3 is 2.96 bits per heavy atom. The van der Waals surface area contributed by atoms with Crippen molar-refractivity contribution >= 4 is 5.91 Å². The zero-order valence-corrected chi connectivity index (χ0v) is 14.3. The Morgan fingerprint density at radius 2 is 2.16 bits per heavy atom. The maximum absolute atomic E-state index is 12.4. The number of hydrogen-bond donors (Lipinski definition) is 1. The summed E-state index contributed by atoms with van der Waals surface area (Å²) >= 11 is 0. The van der Waals surface area contributed by atoms with E-state index in [2.05, 4.69) is 15.2 Å². The molecule has 0 saturated carbocycles. The van der Waals surface area contributed by atoms with Gasteiger partial charge in [0.15, 0.2) is 0 Å². The van der Waals surface area contributed by atoms with Crippen LogP contribution in [0.5, 0.6) is 0 Å². The molecule has 132 valence electrons. The summed E-state index contributed by atoms with van der Waals surface area (Å²) in [4.78, 5) is 18.9. The van der Waals surface area contributed by atoms with Crippen LogP contribution in [0.2, 0.25) is 0 Å². The molecule has 25 heavy (non-hydrogen) atoms. The molecule has 1 amide bonds. The van der Waals surface area contributed by atoms with Crippen molar-refractivity contribution in [2.24, 2.45) is 0 Å². The molecular weight excluding hydrogens is 316 g/mol. The highest BCUT2D eigenvalue weighted by molar-refractivity contribution is 5.94. The molecule has 1 aromatic heterocycles. The third kappa shape index (κ3) is 3.75. The molecule has 0 radical (unpaired) electrons. The van der Waals surface area contributed by atoms with E-state index >= 15 is 0 Å². The van der Waals surface area contributed by atoms with Crippen molar-refractivity contribution in [2.75, 3.05) is 26.2 Å². The average Bonchev–Trinajstić information content (AvgIpc) is 3.21. The van der Waals surface area contributed by atoms with E-state index in [0.29, 0.717) is 18.2 Å². The number of carbonyl (C=O) groups is 1. The minimum Gasteiger partial charge on any atom is -0.373 e. The zero-order chi connectivity index (χ0) is 17.1. The molecule has 2 fully saturated rings. The summed E-state index contributed by atoms with van der Waals surface area (Å²) in [5.41, 5.74) is 1.65. The molecule has 2 atom stereocenters. The van der Waals surface area contributed by atoms with E-state index in [-0.39, 0.29) is 12.0 Å². The average molecular weight is 340 g/mol. The molecule has 3 heterocycles. The number of hydrogen-bond acceptors (Lipinski definition) is 4. The number of amides is 1. The molecule has 6 nitrogen and oxygen atoms in total. The van der Waals surface area contributed by atoms with Gasteiger partial charge in [0.2, 0.25) is 0 Å². The lowest BCUT2D eigenvalue weighted by atomic mass is 10.0. The minimum absolute atomic E-state index is 0.0541. The molecule has 2 saturated heterocycles. The maximum atomic E-state index is 12.4. The van der Waals surface area contributed by atoms with Crippen LogP contribution in [0.3, 0.4) is 0 Å². The van der Waals surface area contributed by atoms with Crippen LogP contribution in [-0.2, 0) is 4.74 Å². The number of piperidine rings is 1. The quantitative estimate of drug-likeness (QED) is 0.923. The highest BCUT2D eigenvalue weighted by atomic mass is 16.5. The van der Waals surface area contributed by atoms with E-state index in [4.69, 9.17) is 4.74 Å². The Labute approximate surface area is 147 Å². The van der Waals surface area contributed by atoms with Crippen molar-refractivity contribution in [3.8, 4) is 5.69 Å². The lowest BCUT2D eigenvalue weighted by Crippen LogP contribution is -2.54. The van der Waals surface area contributed by atoms with Gasteiger partial charge in [0, 0.05) is 42.8 Å². The van der Waals surface area contributed by atoms with E-state index in [1.165, 1.54) is 19.3 Å². The van der Waals surface area contributed by atoms with Crippen LogP contribution in [0.4, 0.5) is 0 Å². The molecule has 0 spiro atoms. The minimum atomic E-state index is -0.0541. The number of morpholine rings is 1. The van der Waals surface area contributed by atoms with Crippen LogP contribution in [0, 0.1) is 0 Å². The summed E-state index contributed by atoms with van der Waals surface area (Å²) in [5.74, 6) is -0.0541. The lowest BCUT2D eigenvalue weighted by Gasteiger charge is -2.42. The highest BCUT2D eigenvalue weighted by Crippen LogP contribution is 2.21. The standard InChI is InChI=1S/C19H24N4O2/c24-19(15-4-6-16(7-5-15)23-10-8-20-14-23)21-11-18-12-22-9-2-1-3-17(22)13-25-18/h4-8,10,14,17-18H,1-3,9,11-13H2,(H,21,24)/t17-,18-/m1/s1. The zero-order valence-electron chi connectivity index (χ0n) is 14.3. The van der Waals surface area contributed by atoms with Crippen LogP contribution in [0.1, 0.15) is 29.6 Å². The normalized spacial score (nSPS) is 23.8. The van der Waals surface area contributed by atoms with Crippen LogP contribution in [0.15, 0.2) is 43.0 Å². The highest BCUT2D eigenvalue weighted by Gasteiger charge is 2.30. The van der Waals surface area contributed by atoms with Crippen molar-refractivity contribution < 1.29 is 9.53 Å². The SMILES string of the molecule is O=C(NC[C@@H]1CN2CCCC[C@@H]2CO1)c1ccc(-n2ccnc2)cc1. The van der Waals surface area contributed by atoms with Crippen LogP contribution in [-0.4, -0.2) is 58.7 Å². The second-order valence-corrected chi connectivity index (χ2v) is 6.83. The number of nitrogens with one attached hydrogen (secondary N) is 1. The molecule has 2 aliphatic rings. The van der Waals surface area contributed by atoms with Crippen molar-refractivity contribution in [1.82, 2.24) is 19.8 Å². The predicted octanol–water partition coefficient (Wildman–Crippen LogP) is 1.86. The number of imidazole rings is 1. The summed E-state index contributed by atoms with van der Waals surface area (Å²) in [6.45, 7) is 3.43. The monoisotopic (exact) mass is 340 g/mol. The van der Waals surface area contributed by atoms with Gasteiger partial charge in [0.25, 0.3) is 5.91 Å². The Balaban J connectivity index is 1.30.